The molecule has 12 nitrogen and oxygen atoms in total. The van der Waals surface area contributed by atoms with Gasteiger partial charge in [0.25, 0.3) is 0 Å². The molecule has 0 aliphatic rings. The maximum atomic E-state index is 12.1. The number of hydrogen-bond acceptors (Lipinski definition) is 8. The van der Waals surface area contributed by atoms with E-state index in [4.69, 9.17) is 16.6 Å². The SMILES string of the molecule is CCC(C)[C@H](N)C(=O)N[C@H](CCC(=O)N[C@H](CSC[C@H](N)C(=O)O)C(=O)O)C(=O)O. The third-order valence-electron chi connectivity index (χ3n) is 4.37. The van der Waals surface area contributed by atoms with Crippen molar-refractivity contribution in [2.24, 2.45) is 17.4 Å². The first-order valence-corrected chi connectivity index (χ1v) is 10.4. The maximum absolute atomic E-state index is 12.1. The van der Waals surface area contributed by atoms with Crippen LogP contribution in [0.15, 0.2) is 0 Å². The number of hydrogen-bond donors (Lipinski definition) is 7. The Morgan fingerprint density at radius 1 is 0.900 bits per heavy atom. The van der Waals surface area contributed by atoms with Crippen LogP contribution in [-0.4, -0.2) is 80.7 Å². The van der Waals surface area contributed by atoms with Crippen LogP contribution < -0.4 is 22.1 Å². The number of nitrogens with two attached hydrogens (primary N) is 2. The van der Waals surface area contributed by atoms with Crippen molar-refractivity contribution in [2.75, 3.05) is 11.5 Å². The number of carboxylic acids is 3. The van der Waals surface area contributed by atoms with Crippen LogP contribution in [0, 0.1) is 5.92 Å². The number of rotatable bonds is 15. The molecule has 0 aliphatic carbocycles. The first kappa shape index (κ1) is 27.6. The average molecular weight is 451 g/mol. The second kappa shape index (κ2) is 13.8. The van der Waals surface area contributed by atoms with Crippen LogP contribution >= 0.6 is 11.8 Å². The summed E-state index contributed by atoms with van der Waals surface area (Å²) in [5.74, 6) is -5.60. The summed E-state index contributed by atoms with van der Waals surface area (Å²) in [4.78, 5) is 57.4. The fraction of sp³-hybridized carbons (Fsp3) is 0.706. The van der Waals surface area contributed by atoms with Crippen molar-refractivity contribution >= 4 is 41.5 Å². The Morgan fingerprint density at radius 3 is 1.93 bits per heavy atom. The van der Waals surface area contributed by atoms with E-state index in [-0.39, 0.29) is 30.3 Å². The van der Waals surface area contributed by atoms with Crippen LogP contribution in [0.5, 0.6) is 0 Å². The molecule has 0 aliphatic heterocycles. The van der Waals surface area contributed by atoms with Crippen LogP contribution in [0.4, 0.5) is 0 Å². The van der Waals surface area contributed by atoms with Gasteiger partial charge in [-0.05, 0) is 12.3 Å². The Balaban J connectivity index is 4.68. The molecule has 0 heterocycles. The van der Waals surface area contributed by atoms with E-state index < -0.39 is 53.9 Å². The van der Waals surface area contributed by atoms with Crippen LogP contribution in [0.2, 0.25) is 0 Å². The largest absolute Gasteiger partial charge is 0.480 e. The highest BCUT2D eigenvalue weighted by atomic mass is 32.2. The summed E-state index contributed by atoms with van der Waals surface area (Å²) < 4.78 is 0. The number of carbonyl (C=O) groups excluding carboxylic acids is 2. The molecule has 0 aromatic rings. The van der Waals surface area contributed by atoms with Gasteiger partial charge in [0.15, 0.2) is 0 Å². The number of carboxylic acid groups (broad SMARTS) is 3. The van der Waals surface area contributed by atoms with E-state index in [1.807, 2.05) is 6.92 Å². The maximum Gasteiger partial charge on any atom is 0.327 e. The number of carbonyl (C=O) groups is 5. The molecule has 13 heteroatoms. The van der Waals surface area contributed by atoms with Crippen molar-refractivity contribution in [1.29, 1.82) is 0 Å². The zero-order valence-corrected chi connectivity index (χ0v) is 17.7. The van der Waals surface area contributed by atoms with E-state index in [9.17, 15) is 34.2 Å². The lowest BCUT2D eigenvalue weighted by Crippen LogP contribution is -2.51. The predicted octanol–water partition coefficient (Wildman–Crippen LogP) is -1.58. The van der Waals surface area contributed by atoms with Crippen molar-refractivity contribution in [1.82, 2.24) is 10.6 Å². The monoisotopic (exact) mass is 450 g/mol. The third-order valence-corrected chi connectivity index (χ3v) is 5.53. The molecule has 172 valence electrons. The predicted molar refractivity (Wildman–Crippen MR) is 109 cm³/mol. The summed E-state index contributed by atoms with van der Waals surface area (Å²) in [6.07, 6.45) is 0.0170. The summed E-state index contributed by atoms with van der Waals surface area (Å²) in [6.45, 7) is 3.59. The fourth-order valence-corrected chi connectivity index (χ4v) is 3.13. The lowest BCUT2D eigenvalue weighted by molar-refractivity contribution is -0.143. The van der Waals surface area contributed by atoms with Crippen LogP contribution in [0.3, 0.4) is 0 Å². The molecular weight excluding hydrogens is 420 g/mol. The summed E-state index contributed by atoms with van der Waals surface area (Å²) in [5, 5.41) is 31.7. The normalized spacial score (nSPS) is 15.9. The summed E-state index contributed by atoms with van der Waals surface area (Å²) >= 11 is 0.947. The van der Waals surface area contributed by atoms with E-state index in [0.717, 1.165) is 11.8 Å². The van der Waals surface area contributed by atoms with E-state index >= 15 is 0 Å². The molecule has 0 radical (unpaired) electrons. The fourth-order valence-electron chi connectivity index (χ4n) is 2.14. The molecule has 1 unspecified atom stereocenters. The van der Waals surface area contributed by atoms with Gasteiger partial charge in [0, 0.05) is 17.9 Å². The lowest BCUT2D eigenvalue weighted by Gasteiger charge is -2.21. The zero-order chi connectivity index (χ0) is 23.4. The Kier molecular flexibility index (Phi) is 12.7. The van der Waals surface area contributed by atoms with Gasteiger partial charge < -0.3 is 37.4 Å². The van der Waals surface area contributed by atoms with E-state index in [1.54, 1.807) is 6.92 Å². The van der Waals surface area contributed by atoms with Crippen LogP contribution in [-0.2, 0) is 24.0 Å². The number of thioether (sulfide) groups is 1. The average Bonchev–Trinajstić information content (AvgIpc) is 2.67. The second-order valence-electron chi connectivity index (χ2n) is 6.79. The minimum Gasteiger partial charge on any atom is -0.480 e. The quantitative estimate of drug-likeness (QED) is 0.151. The molecule has 0 aromatic carbocycles. The van der Waals surface area contributed by atoms with Gasteiger partial charge in [0.1, 0.15) is 18.1 Å². The standard InChI is InChI=1S/C17H30N4O8S/c1-3-8(2)13(19)14(23)21-10(16(26)27)4-5-12(22)20-11(17(28)29)7-30-6-9(18)15(24)25/h8-11,13H,3-7,18-19H2,1-2H3,(H,20,22)(H,21,23)(H,24,25)(H,26,27)(H,28,29)/t8?,9-,10+,11+,13-/m0/s1. The first-order chi connectivity index (χ1) is 13.9. The highest BCUT2D eigenvalue weighted by Crippen LogP contribution is 2.08. The molecule has 0 aromatic heterocycles. The Morgan fingerprint density at radius 2 is 1.47 bits per heavy atom. The molecular formula is C17H30N4O8S. The van der Waals surface area contributed by atoms with Crippen molar-refractivity contribution in [3.8, 4) is 0 Å². The Hall–Kier alpha value is -2.38. The molecule has 9 N–H and O–H groups in total. The van der Waals surface area contributed by atoms with Gasteiger partial charge in [0.05, 0.1) is 6.04 Å². The van der Waals surface area contributed by atoms with Gasteiger partial charge in [-0.3, -0.25) is 14.4 Å². The molecule has 0 saturated heterocycles. The summed E-state index contributed by atoms with van der Waals surface area (Å²) in [7, 11) is 0. The second-order valence-corrected chi connectivity index (χ2v) is 7.86. The molecule has 2 amide bonds. The molecule has 0 fully saturated rings. The van der Waals surface area contributed by atoms with Gasteiger partial charge in [-0.15, -0.1) is 0 Å². The van der Waals surface area contributed by atoms with Crippen molar-refractivity contribution in [3.05, 3.63) is 0 Å². The highest BCUT2D eigenvalue weighted by molar-refractivity contribution is 7.99. The molecule has 0 spiro atoms. The topological polar surface area (TPSA) is 222 Å². The smallest absolute Gasteiger partial charge is 0.327 e. The number of amides is 2. The Labute approximate surface area is 178 Å². The number of aliphatic carboxylic acids is 3. The number of nitrogens with one attached hydrogen (secondary N) is 2. The van der Waals surface area contributed by atoms with Crippen molar-refractivity contribution in [2.45, 2.75) is 57.3 Å². The Bertz CT molecular complexity index is 633. The molecule has 30 heavy (non-hydrogen) atoms. The molecule has 0 rings (SSSR count). The van der Waals surface area contributed by atoms with Gasteiger partial charge in [-0.25, -0.2) is 9.59 Å². The van der Waals surface area contributed by atoms with E-state index in [2.05, 4.69) is 10.6 Å². The van der Waals surface area contributed by atoms with Gasteiger partial charge in [-0.1, -0.05) is 20.3 Å². The summed E-state index contributed by atoms with van der Waals surface area (Å²) in [5.41, 5.74) is 11.1. The van der Waals surface area contributed by atoms with Gasteiger partial charge >= 0.3 is 17.9 Å². The summed E-state index contributed by atoms with van der Waals surface area (Å²) in [6, 6.07) is -4.72. The minimum atomic E-state index is -1.36. The molecule has 0 bridgehead atoms. The van der Waals surface area contributed by atoms with Crippen molar-refractivity contribution < 1.29 is 39.3 Å². The first-order valence-electron chi connectivity index (χ1n) is 9.27. The third kappa shape index (κ3) is 10.4. The minimum absolute atomic E-state index is 0.0431. The van der Waals surface area contributed by atoms with Crippen molar-refractivity contribution in [3.63, 3.8) is 0 Å². The molecule has 0 saturated carbocycles. The molecule has 5 atom stereocenters. The van der Waals surface area contributed by atoms with E-state index in [0.29, 0.717) is 6.42 Å². The van der Waals surface area contributed by atoms with Crippen LogP contribution in [0.1, 0.15) is 33.1 Å². The zero-order valence-electron chi connectivity index (χ0n) is 16.9. The lowest BCUT2D eigenvalue weighted by atomic mass is 9.99. The van der Waals surface area contributed by atoms with E-state index in [1.165, 1.54) is 0 Å². The van der Waals surface area contributed by atoms with Gasteiger partial charge in [0.2, 0.25) is 11.8 Å². The van der Waals surface area contributed by atoms with Crippen LogP contribution in [0.25, 0.3) is 0 Å². The van der Waals surface area contributed by atoms with Gasteiger partial charge in [-0.2, -0.15) is 11.8 Å². The highest BCUT2D eigenvalue weighted by Gasteiger charge is 2.27.